The van der Waals surface area contributed by atoms with Crippen molar-refractivity contribution in [2.75, 3.05) is 18.4 Å². The zero-order valence-corrected chi connectivity index (χ0v) is 20.6. The molecule has 0 spiro atoms. The molecule has 4 rings (SSSR count). The first-order chi connectivity index (χ1) is 16.1. The van der Waals surface area contributed by atoms with E-state index in [-0.39, 0.29) is 28.5 Å². The number of thioether (sulfide) groups is 1. The van der Waals surface area contributed by atoms with E-state index in [0.29, 0.717) is 30.5 Å². The first-order valence-electron chi connectivity index (χ1n) is 11.8. The minimum absolute atomic E-state index is 0.0321. The number of fused-ring (bicyclic) bond motifs is 1. The summed E-state index contributed by atoms with van der Waals surface area (Å²) in [5, 5.41) is 2.93. The van der Waals surface area contributed by atoms with Crippen molar-refractivity contribution in [2.24, 2.45) is 0 Å². The molecule has 0 unspecified atom stereocenters. The zero-order chi connectivity index (χ0) is 24.5. The highest BCUT2D eigenvalue weighted by Gasteiger charge is 2.34. The molecule has 2 fully saturated rings. The number of aromatic nitrogens is 2. The number of halogens is 2. The van der Waals surface area contributed by atoms with Gasteiger partial charge in [-0.1, -0.05) is 12.8 Å². The van der Waals surface area contributed by atoms with E-state index in [4.69, 9.17) is 4.74 Å². The second-order valence-electron chi connectivity index (χ2n) is 10.1. The third kappa shape index (κ3) is 6.00. The van der Waals surface area contributed by atoms with E-state index in [1.54, 1.807) is 26.8 Å². The molecule has 1 amide bonds. The molecule has 186 valence electrons. The van der Waals surface area contributed by atoms with Gasteiger partial charge in [0.05, 0.1) is 17.8 Å². The standard InChI is InChI=1S/C24H32F2N4O3S/c1-24(2,3)33-23(32)30-9-8-19(17(26)12-30)34-13-20-28-18-11-15(27-14-6-4-5-7-14)10-16(25)21(18)22(31)29-20/h10-11,14,17,19,27H,4-9,12-13H2,1-3H3,(H,28,29,31)/t17-,19+/m1/s1. The van der Waals surface area contributed by atoms with Crippen molar-refractivity contribution in [3.63, 3.8) is 0 Å². The van der Waals surface area contributed by atoms with Crippen LogP contribution in [-0.2, 0) is 10.5 Å². The number of alkyl halides is 1. The Bertz CT molecular complexity index is 1100. The van der Waals surface area contributed by atoms with E-state index >= 15 is 0 Å². The van der Waals surface area contributed by atoms with E-state index in [1.807, 2.05) is 0 Å². The van der Waals surface area contributed by atoms with Crippen LogP contribution in [0.1, 0.15) is 58.7 Å². The summed E-state index contributed by atoms with van der Waals surface area (Å²) in [6.45, 7) is 5.69. The van der Waals surface area contributed by atoms with Crippen molar-refractivity contribution in [1.82, 2.24) is 14.9 Å². The van der Waals surface area contributed by atoms with Gasteiger partial charge in [0, 0.05) is 23.5 Å². The molecule has 34 heavy (non-hydrogen) atoms. The van der Waals surface area contributed by atoms with E-state index in [9.17, 15) is 18.4 Å². The Balaban J connectivity index is 1.41. The Morgan fingerprint density at radius 3 is 2.71 bits per heavy atom. The van der Waals surface area contributed by atoms with Crippen molar-refractivity contribution in [1.29, 1.82) is 0 Å². The number of amides is 1. The molecule has 7 nitrogen and oxygen atoms in total. The molecule has 1 aliphatic carbocycles. The largest absolute Gasteiger partial charge is 0.444 e. The fourth-order valence-electron chi connectivity index (χ4n) is 4.48. The topological polar surface area (TPSA) is 87.3 Å². The number of aromatic amines is 1. The van der Waals surface area contributed by atoms with Gasteiger partial charge in [0.2, 0.25) is 0 Å². The summed E-state index contributed by atoms with van der Waals surface area (Å²) >= 11 is 1.34. The summed E-state index contributed by atoms with van der Waals surface area (Å²) in [6, 6.07) is 3.36. The first-order valence-corrected chi connectivity index (χ1v) is 12.9. The number of ether oxygens (including phenoxy) is 1. The highest BCUT2D eigenvalue weighted by atomic mass is 32.2. The van der Waals surface area contributed by atoms with Gasteiger partial charge in [0.15, 0.2) is 0 Å². The maximum Gasteiger partial charge on any atom is 0.410 e. The van der Waals surface area contributed by atoms with Gasteiger partial charge in [0.25, 0.3) is 5.56 Å². The lowest BCUT2D eigenvalue weighted by atomic mass is 10.1. The molecule has 2 atom stereocenters. The molecule has 2 heterocycles. The fourth-order valence-corrected chi connectivity index (χ4v) is 5.55. The van der Waals surface area contributed by atoms with E-state index < -0.39 is 29.2 Å². The maximum atomic E-state index is 14.8. The van der Waals surface area contributed by atoms with Gasteiger partial charge in [-0.15, -0.1) is 11.8 Å². The normalized spacial score (nSPS) is 21.7. The Hall–Kier alpha value is -2.36. The molecule has 1 aromatic carbocycles. The van der Waals surface area contributed by atoms with Crippen LogP contribution in [0.15, 0.2) is 16.9 Å². The number of anilines is 1. The van der Waals surface area contributed by atoms with Gasteiger partial charge in [-0.05, 0) is 52.2 Å². The SMILES string of the molecule is CC(C)(C)OC(=O)N1CC[C@H](SCc2nc3cc(NC4CCCC4)cc(F)c3c(=O)[nH]2)[C@H](F)C1. The number of carbonyl (C=O) groups excluding carboxylic acids is 1. The van der Waals surface area contributed by atoms with E-state index in [2.05, 4.69) is 15.3 Å². The average molecular weight is 495 g/mol. The Labute approximate surface area is 202 Å². The smallest absolute Gasteiger partial charge is 0.410 e. The molecular formula is C24H32F2N4O3S. The molecule has 2 aromatic rings. The second-order valence-corrected chi connectivity index (χ2v) is 11.3. The molecular weight excluding hydrogens is 462 g/mol. The van der Waals surface area contributed by atoms with Crippen molar-refractivity contribution in [3.8, 4) is 0 Å². The molecule has 1 saturated carbocycles. The summed E-state index contributed by atoms with van der Waals surface area (Å²) in [6.07, 6.45) is 3.12. The molecule has 1 saturated heterocycles. The van der Waals surface area contributed by atoms with Crippen LogP contribution in [0.3, 0.4) is 0 Å². The van der Waals surface area contributed by atoms with Gasteiger partial charge < -0.3 is 19.9 Å². The molecule has 2 N–H and O–H groups in total. The van der Waals surface area contributed by atoms with Gasteiger partial charge in [-0.2, -0.15) is 0 Å². The third-order valence-electron chi connectivity index (χ3n) is 6.10. The Morgan fingerprint density at radius 1 is 1.29 bits per heavy atom. The van der Waals surface area contributed by atoms with Gasteiger partial charge in [-0.3, -0.25) is 4.79 Å². The number of benzene rings is 1. The number of carbonyl (C=O) groups is 1. The van der Waals surface area contributed by atoms with Crippen LogP contribution in [0, 0.1) is 5.82 Å². The van der Waals surface area contributed by atoms with Crippen LogP contribution in [0.4, 0.5) is 19.3 Å². The zero-order valence-electron chi connectivity index (χ0n) is 19.8. The molecule has 0 radical (unpaired) electrons. The number of piperidine rings is 1. The maximum absolute atomic E-state index is 14.8. The predicted molar refractivity (Wildman–Crippen MR) is 131 cm³/mol. The van der Waals surface area contributed by atoms with Crippen LogP contribution in [0.2, 0.25) is 0 Å². The lowest BCUT2D eigenvalue weighted by Crippen LogP contribution is -2.47. The van der Waals surface area contributed by atoms with Crippen LogP contribution in [-0.4, -0.2) is 57.1 Å². The van der Waals surface area contributed by atoms with Gasteiger partial charge in [-0.25, -0.2) is 18.6 Å². The highest BCUT2D eigenvalue weighted by Crippen LogP contribution is 2.30. The minimum atomic E-state index is -1.22. The molecule has 1 aromatic heterocycles. The lowest BCUT2D eigenvalue weighted by Gasteiger charge is -2.35. The number of rotatable bonds is 5. The first kappa shape index (κ1) is 24.8. The highest BCUT2D eigenvalue weighted by molar-refractivity contribution is 7.99. The number of likely N-dealkylation sites (tertiary alicyclic amines) is 1. The Kier molecular flexibility index (Phi) is 7.35. The average Bonchev–Trinajstić information content (AvgIpc) is 3.24. The summed E-state index contributed by atoms with van der Waals surface area (Å²) in [7, 11) is 0. The van der Waals surface area contributed by atoms with Crippen molar-refractivity contribution < 1.29 is 18.3 Å². The molecule has 0 bridgehead atoms. The quantitative estimate of drug-likeness (QED) is 0.609. The van der Waals surface area contributed by atoms with Crippen molar-refractivity contribution in [2.45, 2.75) is 81.7 Å². The van der Waals surface area contributed by atoms with Crippen molar-refractivity contribution >= 4 is 34.4 Å². The summed E-state index contributed by atoms with van der Waals surface area (Å²) in [4.78, 5) is 33.2. The minimum Gasteiger partial charge on any atom is -0.444 e. The lowest BCUT2D eigenvalue weighted by molar-refractivity contribution is 0.0146. The number of hydrogen-bond donors (Lipinski definition) is 2. The van der Waals surface area contributed by atoms with Crippen LogP contribution < -0.4 is 10.9 Å². The van der Waals surface area contributed by atoms with Crippen LogP contribution in [0.25, 0.3) is 10.9 Å². The van der Waals surface area contributed by atoms with Gasteiger partial charge in [0.1, 0.15) is 28.8 Å². The molecule has 2 aliphatic rings. The molecule has 1 aliphatic heterocycles. The number of nitrogens with zero attached hydrogens (tertiary/aromatic N) is 2. The number of nitrogens with one attached hydrogen (secondary N) is 2. The van der Waals surface area contributed by atoms with E-state index in [0.717, 1.165) is 25.7 Å². The number of hydrogen-bond acceptors (Lipinski definition) is 6. The number of H-pyrrole nitrogens is 1. The van der Waals surface area contributed by atoms with E-state index in [1.165, 1.54) is 22.7 Å². The second kappa shape index (κ2) is 10.1. The predicted octanol–water partition coefficient (Wildman–Crippen LogP) is 5.00. The summed E-state index contributed by atoms with van der Waals surface area (Å²) in [5.74, 6) is 0.0518. The molecule has 10 heteroatoms. The monoisotopic (exact) mass is 494 g/mol. The summed E-state index contributed by atoms with van der Waals surface area (Å²) in [5.41, 5.74) is -0.265. The Morgan fingerprint density at radius 2 is 2.03 bits per heavy atom. The third-order valence-corrected chi connectivity index (χ3v) is 7.50. The van der Waals surface area contributed by atoms with Crippen LogP contribution in [0.5, 0.6) is 0 Å². The fraction of sp³-hybridized carbons (Fsp3) is 0.625. The van der Waals surface area contributed by atoms with Gasteiger partial charge >= 0.3 is 6.09 Å². The summed E-state index contributed by atoms with van der Waals surface area (Å²) < 4.78 is 34.8. The van der Waals surface area contributed by atoms with Crippen LogP contribution >= 0.6 is 11.8 Å². The van der Waals surface area contributed by atoms with Crippen molar-refractivity contribution in [3.05, 3.63) is 34.1 Å².